The molecule has 0 aliphatic carbocycles. The van der Waals surface area contributed by atoms with Crippen LogP contribution in [0, 0.1) is 0 Å². The van der Waals surface area contributed by atoms with Crippen molar-refractivity contribution in [1.29, 1.82) is 0 Å². The molecule has 1 N–H and O–H groups in total. The second-order valence-corrected chi connectivity index (χ2v) is 7.03. The quantitative estimate of drug-likeness (QED) is 0.654. The van der Waals surface area contributed by atoms with Crippen LogP contribution in [-0.4, -0.2) is 63.7 Å². The number of methoxy groups -OCH3 is 2. The summed E-state index contributed by atoms with van der Waals surface area (Å²) >= 11 is 0. The van der Waals surface area contributed by atoms with E-state index >= 15 is 0 Å². The molecule has 0 bridgehead atoms. The molecule has 0 fully saturated rings. The number of ether oxygens (including phenoxy) is 5. The van der Waals surface area contributed by atoms with Gasteiger partial charge in [-0.15, -0.1) is 0 Å². The predicted octanol–water partition coefficient (Wildman–Crippen LogP) is 2.48. The lowest BCUT2D eigenvalue weighted by Crippen LogP contribution is -2.31. The maximum atomic E-state index is 10.3. The van der Waals surface area contributed by atoms with Crippen molar-refractivity contribution in [3.05, 3.63) is 47.5 Å². The zero-order valence-corrected chi connectivity index (χ0v) is 17.2. The number of benzene rings is 2. The summed E-state index contributed by atoms with van der Waals surface area (Å²) in [5.41, 5.74) is 2.06. The highest BCUT2D eigenvalue weighted by atomic mass is 16.6. The summed E-state index contributed by atoms with van der Waals surface area (Å²) < 4.78 is 27.4. The van der Waals surface area contributed by atoms with Crippen LogP contribution in [0.3, 0.4) is 0 Å². The van der Waals surface area contributed by atoms with E-state index in [1.165, 1.54) is 0 Å². The lowest BCUT2D eigenvalue weighted by atomic mass is 10.1. The van der Waals surface area contributed by atoms with Gasteiger partial charge in [-0.25, -0.2) is 0 Å². The molecule has 3 rings (SSSR count). The van der Waals surface area contributed by atoms with Gasteiger partial charge in [0.1, 0.15) is 13.2 Å². The van der Waals surface area contributed by atoms with E-state index in [0.717, 1.165) is 22.6 Å². The van der Waals surface area contributed by atoms with Gasteiger partial charge in [0.25, 0.3) is 0 Å². The third-order valence-corrected chi connectivity index (χ3v) is 4.61. The Labute approximate surface area is 171 Å². The Kier molecular flexibility index (Phi) is 7.57. The molecule has 1 atom stereocenters. The Hall–Kier alpha value is -2.48. The number of rotatable bonds is 10. The minimum Gasteiger partial charge on any atom is -0.493 e. The second-order valence-electron chi connectivity index (χ2n) is 7.03. The molecule has 1 aliphatic rings. The zero-order chi connectivity index (χ0) is 20.6. The van der Waals surface area contributed by atoms with Gasteiger partial charge in [0.05, 0.1) is 33.5 Å². The van der Waals surface area contributed by atoms with E-state index in [4.69, 9.17) is 23.7 Å². The van der Waals surface area contributed by atoms with E-state index in [2.05, 4.69) is 4.90 Å². The lowest BCUT2D eigenvalue weighted by Gasteiger charge is -2.22. The SMILES string of the molecule is COc1ccc(COCC(O)CN(C)Cc2ccc3c(c2)OCCO3)cc1OC. The van der Waals surface area contributed by atoms with Gasteiger partial charge >= 0.3 is 0 Å². The first kappa shape index (κ1) is 21.2. The first-order chi connectivity index (χ1) is 14.1. The maximum Gasteiger partial charge on any atom is 0.161 e. The molecule has 0 amide bonds. The molecule has 1 heterocycles. The molecular weight excluding hydrogens is 374 g/mol. The fourth-order valence-electron chi connectivity index (χ4n) is 3.26. The van der Waals surface area contributed by atoms with Gasteiger partial charge in [-0.1, -0.05) is 12.1 Å². The highest BCUT2D eigenvalue weighted by Gasteiger charge is 2.14. The van der Waals surface area contributed by atoms with Crippen LogP contribution < -0.4 is 18.9 Å². The molecule has 7 nitrogen and oxygen atoms in total. The van der Waals surface area contributed by atoms with Crippen LogP contribution in [0.1, 0.15) is 11.1 Å². The number of aliphatic hydroxyl groups excluding tert-OH is 1. The first-order valence-electron chi connectivity index (χ1n) is 9.63. The van der Waals surface area contributed by atoms with Crippen molar-refractivity contribution in [2.24, 2.45) is 0 Å². The Morgan fingerprint density at radius 1 is 0.966 bits per heavy atom. The minimum absolute atomic E-state index is 0.250. The normalized spacial score (nSPS) is 14.0. The minimum atomic E-state index is -0.586. The summed E-state index contributed by atoms with van der Waals surface area (Å²) in [4.78, 5) is 2.05. The van der Waals surface area contributed by atoms with Crippen LogP contribution in [-0.2, 0) is 17.9 Å². The second kappa shape index (κ2) is 10.3. The fraction of sp³-hybridized carbons (Fsp3) is 0.455. The maximum absolute atomic E-state index is 10.3. The molecule has 2 aromatic rings. The molecule has 1 aliphatic heterocycles. The van der Waals surface area contributed by atoms with Crippen molar-refractivity contribution in [2.45, 2.75) is 19.3 Å². The number of hydrogen-bond acceptors (Lipinski definition) is 7. The van der Waals surface area contributed by atoms with Crippen LogP contribution in [0.2, 0.25) is 0 Å². The zero-order valence-electron chi connectivity index (χ0n) is 17.2. The molecule has 158 valence electrons. The van der Waals surface area contributed by atoms with E-state index in [1.807, 2.05) is 43.4 Å². The number of likely N-dealkylation sites (N-methyl/N-ethyl adjacent to an activating group) is 1. The summed E-state index contributed by atoms with van der Waals surface area (Å²) in [6, 6.07) is 11.6. The van der Waals surface area contributed by atoms with Gasteiger partial charge in [0.15, 0.2) is 23.0 Å². The summed E-state index contributed by atoms with van der Waals surface area (Å²) in [7, 11) is 5.17. The van der Waals surface area contributed by atoms with Crippen molar-refractivity contribution in [1.82, 2.24) is 4.90 Å². The van der Waals surface area contributed by atoms with Crippen molar-refractivity contribution >= 4 is 0 Å². The van der Waals surface area contributed by atoms with Crippen LogP contribution in [0.4, 0.5) is 0 Å². The molecule has 0 spiro atoms. The third-order valence-electron chi connectivity index (χ3n) is 4.61. The van der Waals surface area contributed by atoms with Gasteiger partial charge in [-0.05, 0) is 42.4 Å². The van der Waals surface area contributed by atoms with Crippen LogP contribution in [0.5, 0.6) is 23.0 Å². The average molecular weight is 403 g/mol. The highest BCUT2D eigenvalue weighted by Crippen LogP contribution is 2.31. The van der Waals surface area contributed by atoms with Gasteiger partial charge in [0, 0.05) is 13.1 Å². The van der Waals surface area contributed by atoms with Crippen LogP contribution in [0.15, 0.2) is 36.4 Å². The molecule has 2 aromatic carbocycles. The highest BCUT2D eigenvalue weighted by molar-refractivity contribution is 5.44. The van der Waals surface area contributed by atoms with Crippen LogP contribution in [0.25, 0.3) is 0 Å². The van der Waals surface area contributed by atoms with E-state index < -0.39 is 6.10 Å². The first-order valence-corrected chi connectivity index (χ1v) is 9.63. The van der Waals surface area contributed by atoms with Crippen molar-refractivity contribution in [2.75, 3.05) is 47.6 Å². The molecule has 0 saturated carbocycles. The molecule has 7 heteroatoms. The van der Waals surface area contributed by atoms with Crippen molar-refractivity contribution in [3.8, 4) is 23.0 Å². The summed E-state index contributed by atoms with van der Waals surface area (Å²) in [6.07, 6.45) is -0.586. The smallest absolute Gasteiger partial charge is 0.161 e. The van der Waals surface area contributed by atoms with Gasteiger partial charge in [-0.3, -0.25) is 4.90 Å². The van der Waals surface area contributed by atoms with Crippen molar-refractivity contribution in [3.63, 3.8) is 0 Å². The number of fused-ring (bicyclic) bond motifs is 1. The predicted molar refractivity (Wildman–Crippen MR) is 109 cm³/mol. The monoisotopic (exact) mass is 403 g/mol. The summed E-state index contributed by atoms with van der Waals surface area (Å²) in [5, 5.41) is 10.3. The fourth-order valence-corrected chi connectivity index (χ4v) is 3.26. The number of nitrogens with zero attached hydrogens (tertiary/aromatic N) is 1. The summed E-state index contributed by atoms with van der Waals surface area (Å²) in [5.74, 6) is 2.90. The van der Waals surface area contributed by atoms with E-state index in [9.17, 15) is 5.11 Å². The number of aliphatic hydroxyl groups is 1. The average Bonchev–Trinajstić information content (AvgIpc) is 2.73. The largest absolute Gasteiger partial charge is 0.493 e. The molecule has 1 unspecified atom stereocenters. The Morgan fingerprint density at radius 2 is 1.69 bits per heavy atom. The molecule has 0 aromatic heterocycles. The summed E-state index contributed by atoms with van der Waals surface area (Å²) in [6.45, 7) is 3.00. The standard InChI is InChI=1S/C22H29NO6/c1-23(12-16-4-7-20-22(10-16)29-9-8-28-20)13-18(24)15-27-14-17-5-6-19(25-2)21(11-17)26-3/h4-7,10-11,18,24H,8-9,12-15H2,1-3H3. The topological polar surface area (TPSA) is 69.6 Å². The Morgan fingerprint density at radius 3 is 2.45 bits per heavy atom. The van der Waals surface area contributed by atoms with E-state index in [0.29, 0.717) is 44.4 Å². The van der Waals surface area contributed by atoms with Crippen molar-refractivity contribution < 1.29 is 28.8 Å². The lowest BCUT2D eigenvalue weighted by molar-refractivity contribution is 0.0126. The van der Waals surface area contributed by atoms with Gasteiger partial charge in [0.2, 0.25) is 0 Å². The Balaban J connectivity index is 1.42. The number of hydrogen-bond donors (Lipinski definition) is 1. The Bertz CT molecular complexity index is 797. The van der Waals surface area contributed by atoms with E-state index in [1.54, 1.807) is 14.2 Å². The third kappa shape index (κ3) is 6.00. The van der Waals surface area contributed by atoms with Gasteiger partial charge < -0.3 is 28.8 Å². The molecular formula is C22H29NO6. The molecule has 0 saturated heterocycles. The van der Waals surface area contributed by atoms with Crippen LogP contribution >= 0.6 is 0 Å². The van der Waals surface area contributed by atoms with Gasteiger partial charge in [-0.2, -0.15) is 0 Å². The molecule has 29 heavy (non-hydrogen) atoms. The molecule has 0 radical (unpaired) electrons. The van der Waals surface area contributed by atoms with E-state index in [-0.39, 0.29) is 6.61 Å².